The third-order valence-corrected chi connectivity index (χ3v) is 5.68. The second-order valence-electron chi connectivity index (χ2n) is 7.54. The van der Waals surface area contributed by atoms with E-state index in [9.17, 15) is 0 Å². The predicted molar refractivity (Wildman–Crippen MR) is 87.9 cm³/mol. The highest BCUT2D eigenvalue weighted by molar-refractivity contribution is 5.90. The van der Waals surface area contributed by atoms with Gasteiger partial charge in [-0.15, -0.1) is 0 Å². The summed E-state index contributed by atoms with van der Waals surface area (Å²) in [6.45, 7) is 6.97. The van der Waals surface area contributed by atoms with Crippen LogP contribution < -0.4 is 4.74 Å². The Bertz CT molecular complexity index is 685. The molecule has 2 aliphatic rings. The first-order chi connectivity index (χ1) is 10.1. The first-order valence-corrected chi connectivity index (χ1v) is 8.27. The molecule has 1 saturated carbocycles. The molecule has 1 fully saturated rings. The Hall–Kier alpha value is -1.50. The van der Waals surface area contributed by atoms with Crippen LogP contribution in [0, 0.1) is 11.8 Å². The molecule has 0 N–H and O–H groups in total. The summed E-state index contributed by atoms with van der Waals surface area (Å²) >= 11 is 0. The Morgan fingerprint density at radius 2 is 1.86 bits per heavy atom. The zero-order valence-electron chi connectivity index (χ0n) is 13.2. The van der Waals surface area contributed by atoms with Gasteiger partial charge in [0.1, 0.15) is 11.4 Å². The number of benzene rings is 2. The van der Waals surface area contributed by atoms with Crippen LogP contribution in [0.25, 0.3) is 10.8 Å². The molecule has 3 atom stereocenters. The third-order valence-electron chi connectivity index (χ3n) is 5.68. The molecule has 2 aromatic rings. The van der Waals surface area contributed by atoms with Crippen LogP contribution >= 0.6 is 0 Å². The predicted octanol–water partition coefficient (Wildman–Crippen LogP) is 5.53. The van der Waals surface area contributed by atoms with Gasteiger partial charge in [-0.1, -0.05) is 49.7 Å². The molecule has 2 aromatic carbocycles. The van der Waals surface area contributed by atoms with Gasteiger partial charge >= 0.3 is 0 Å². The number of hydrogen-bond donors (Lipinski definition) is 0. The molecule has 0 aromatic heterocycles. The first-order valence-electron chi connectivity index (χ1n) is 8.27. The summed E-state index contributed by atoms with van der Waals surface area (Å²) in [6.07, 6.45) is 3.95. The van der Waals surface area contributed by atoms with E-state index in [1.165, 1.54) is 35.6 Å². The Morgan fingerprint density at radius 3 is 2.71 bits per heavy atom. The molecule has 21 heavy (non-hydrogen) atoms. The molecule has 1 aliphatic carbocycles. The van der Waals surface area contributed by atoms with Crippen molar-refractivity contribution in [3.8, 4) is 5.75 Å². The molecule has 0 unspecified atom stereocenters. The van der Waals surface area contributed by atoms with E-state index in [1.54, 1.807) is 0 Å². The van der Waals surface area contributed by atoms with Crippen LogP contribution in [0.5, 0.6) is 5.75 Å². The van der Waals surface area contributed by atoms with Crippen LogP contribution in [0.1, 0.15) is 51.5 Å². The van der Waals surface area contributed by atoms with Crippen LogP contribution in [0.2, 0.25) is 0 Å². The van der Waals surface area contributed by atoms with Gasteiger partial charge in [0, 0.05) is 11.3 Å². The SMILES string of the molecule is C[C@H]1CC[C@H]2[C@H](C1)c1ccc3ccccc3c1OC2(C)C. The second kappa shape index (κ2) is 4.50. The Labute approximate surface area is 127 Å². The van der Waals surface area contributed by atoms with Crippen molar-refractivity contribution in [2.75, 3.05) is 0 Å². The van der Waals surface area contributed by atoms with E-state index in [1.807, 2.05) is 0 Å². The molecule has 1 heterocycles. The maximum absolute atomic E-state index is 6.54. The van der Waals surface area contributed by atoms with Crippen molar-refractivity contribution in [1.82, 2.24) is 0 Å². The molecule has 110 valence electrons. The van der Waals surface area contributed by atoms with Crippen LogP contribution in [-0.4, -0.2) is 5.60 Å². The molecule has 0 spiro atoms. The van der Waals surface area contributed by atoms with E-state index >= 15 is 0 Å². The van der Waals surface area contributed by atoms with Gasteiger partial charge in [-0.05, 0) is 49.5 Å². The van der Waals surface area contributed by atoms with E-state index in [0.29, 0.717) is 11.8 Å². The van der Waals surface area contributed by atoms with Gasteiger partial charge in [0.2, 0.25) is 0 Å². The zero-order valence-corrected chi connectivity index (χ0v) is 13.2. The zero-order chi connectivity index (χ0) is 14.6. The lowest BCUT2D eigenvalue weighted by molar-refractivity contribution is -0.0121. The molecule has 0 radical (unpaired) electrons. The highest BCUT2D eigenvalue weighted by Crippen LogP contribution is 2.54. The van der Waals surface area contributed by atoms with Crippen molar-refractivity contribution < 1.29 is 4.74 Å². The fourth-order valence-corrected chi connectivity index (χ4v) is 4.56. The van der Waals surface area contributed by atoms with Gasteiger partial charge in [-0.2, -0.15) is 0 Å². The van der Waals surface area contributed by atoms with Crippen molar-refractivity contribution in [2.45, 2.75) is 51.6 Å². The summed E-state index contributed by atoms with van der Waals surface area (Å²) in [6, 6.07) is 13.2. The van der Waals surface area contributed by atoms with Gasteiger partial charge in [0.05, 0.1) is 0 Å². The molecule has 1 heteroatoms. The number of ether oxygens (including phenoxy) is 1. The molecular weight excluding hydrogens is 256 g/mol. The monoisotopic (exact) mass is 280 g/mol. The Balaban J connectivity index is 1.93. The normalized spacial score (nSPS) is 30.3. The van der Waals surface area contributed by atoms with Gasteiger partial charge in [0.15, 0.2) is 0 Å². The average Bonchev–Trinajstić information content (AvgIpc) is 2.46. The van der Waals surface area contributed by atoms with Gasteiger partial charge in [0.25, 0.3) is 0 Å². The fraction of sp³-hybridized carbons (Fsp3) is 0.500. The Kier molecular flexibility index (Phi) is 2.82. The summed E-state index contributed by atoms with van der Waals surface area (Å²) in [4.78, 5) is 0. The minimum absolute atomic E-state index is 0.0536. The topological polar surface area (TPSA) is 9.23 Å². The van der Waals surface area contributed by atoms with Crippen LogP contribution in [0.4, 0.5) is 0 Å². The van der Waals surface area contributed by atoms with Crippen molar-refractivity contribution in [2.24, 2.45) is 11.8 Å². The molecule has 1 nitrogen and oxygen atoms in total. The lowest BCUT2D eigenvalue weighted by Gasteiger charge is -2.49. The minimum atomic E-state index is -0.0536. The lowest BCUT2D eigenvalue weighted by atomic mass is 9.64. The van der Waals surface area contributed by atoms with Crippen LogP contribution in [-0.2, 0) is 0 Å². The number of rotatable bonds is 0. The summed E-state index contributed by atoms with van der Waals surface area (Å²) in [5.41, 5.74) is 1.40. The number of fused-ring (bicyclic) bond motifs is 5. The number of hydrogen-bond acceptors (Lipinski definition) is 1. The van der Waals surface area contributed by atoms with E-state index < -0.39 is 0 Å². The maximum atomic E-state index is 6.54. The lowest BCUT2D eigenvalue weighted by Crippen LogP contribution is -2.46. The van der Waals surface area contributed by atoms with E-state index in [-0.39, 0.29) is 5.60 Å². The molecular formula is C20H24O. The molecule has 4 rings (SSSR count). The summed E-state index contributed by atoms with van der Waals surface area (Å²) in [5.74, 6) is 3.30. The second-order valence-corrected chi connectivity index (χ2v) is 7.54. The quantitative estimate of drug-likeness (QED) is 0.616. The van der Waals surface area contributed by atoms with Crippen molar-refractivity contribution in [3.05, 3.63) is 42.0 Å². The standard InChI is InChI=1S/C20H24O/c1-13-8-11-18-17(12-13)16-10-9-14-6-4-5-7-15(14)19(16)21-20(18,2)3/h4-7,9-10,13,17-18H,8,11-12H2,1-3H3/t13-,17+,18-/m0/s1. The fourth-order valence-electron chi connectivity index (χ4n) is 4.56. The average molecular weight is 280 g/mol. The van der Waals surface area contributed by atoms with Gasteiger partial charge in [-0.3, -0.25) is 0 Å². The molecule has 0 amide bonds. The largest absolute Gasteiger partial charge is 0.487 e. The third kappa shape index (κ3) is 1.97. The summed E-state index contributed by atoms with van der Waals surface area (Å²) < 4.78 is 6.54. The van der Waals surface area contributed by atoms with Crippen molar-refractivity contribution >= 4 is 10.8 Å². The maximum Gasteiger partial charge on any atom is 0.131 e. The van der Waals surface area contributed by atoms with Gasteiger partial charge in [-0.25, -0.2) is 0 Å². The molecule has 0 bridgehead atoms. The highest BCUT2D eigenvalue weighted by Gasteiger charge is 2.46. The highest BCUT2D eigenvalue weighted by atomic mass is 16.5. The van der Waals surface area contributed by atoms with Gasteiger partial charge < -0.3 is 4.74 Å². The van der Waals surface area contributed by atoms with E-state index in [4.69, 9.17) is 4.74 Å². The summed E-state index contributed by atoms with van der Waals surface area (Å²) in [7, 11) is 0. The Morgan fingerprint density at radius 1 is 1.05 bits per heavy atom. The van der Waals surface area contributed by atoms with E-state index in [2.05, 4.69) is 57.2 Å². The van der Waals surface area contributed by atoms with Crippen LogP contribution in [0.15, 0.2) is 36.4 Å². The van der Waals surface area contributed by atoms with Crippen LogP contribution in [0.3, 0.4) is 0 Å². The molecule has 0 saturated heterocycles. The van der Waals surface area contributed by atoms with E-state index in [0.717, 1.165) is 11.7 Å². The minimum Gasteiger partial charge on any atom is -0.487 e. The molecule has 1 aliphatic heterocycles. The van der Waals surface area contributed by atoms with Crippen molar-refractivity contribution in [1.29, 1.82) is 0 Å². The van der Waals surface area contributed by atoms with Crippen molar-refractivity contribution in [3.63, 3.8) is 0 Å². The summed E-state index contributed by atoms with van der Waals surface area (Å²) in [5, 5.41) is 2.56. The smallest absolute Gasteiger partial charge is 0.131 e. The first kappa shape index (κ1) is 13.2.